The average Bonchev–Trinajstić information content (AvgIpc) is 2.27. The van der Waals surface area contributed by atoms with Crippen molar-refractivity contribution >= 4 is 5.97 Å². The van der Waals surface area contributed by atoms with Gasteiger partial charge in [-0.3, -0.25) is 9.78 Å². The van der Waals surface area contributed by atoms with E-state index in [1.807, 2.05) is 13.0 Å². The molecule has 0 aromatic carbocycles. The largest absolute Gasteiger partial charge is 0.491 e. The highest BCUT2D eigenvalue weighted by atomic mass is 16.5. The van der Waals surface area contributed by atoms with Crippen LogP contribution in [0.5, 0.6) is 5.75 Å². The predicted molar refractivity (Wildman–Crippen MR) is 68.5 cm³/mol. The van der Waals surface area contributed by atoms with E-state index in [1.165, 1.54) is 0 Å². The number of ether oxygens (including phenoxy) is 1. The van der Waals surface area contributed by atoms with Gasteiger partial charge in [0, 0.05) is 18.2 Å². The van der Waals surface area contributed by atoms with Crippen LogP contribution in [-0.4, -0.2) is 28.7 Å². The molecule has 100 valence electrons. The van der Waals surface area contributed by atoms with Crippen LogP contribution < -0.4 is 10.5 Å². The lowest BCUT2D eigenvalue weighted by Crippen LogP contribution is -2.30. The number of rotatable bonds is 6. The molecule has 3 N–H and O–H groups in total. The van der Waals surface area contributed by atoms with Gasteiger partial charge in [-0.05, 0) is 32.9 Å². The van der Waals surface area contributed by atoms with Gasteiger partial charge in [0.2, 0.25) is 0 Å². The molecule has 1 aromatic heterocycles. The lowest BCUT2D eigenvalue weighted by molar-refractivity contribution is -0.148. The molecule has 0 saturated carbocycles. The van der Waals surface area contributed by atoms with Gasteiger partial charge in [0.1, 0.15) is 12.4 Å². The molecule has 5 nitrogen and oxygen atoms in total. The van der Waals surface area contributed by atoms with Crippen LogP contribution in [0.4, 0.5) is 0 Å². The first-order chi connectivity index (χ1) is 8.31. The van der Waals surface area contributed by atoms with Crippen LogP contribution in [0.2, 0.25) is 0 Å². The van der Waals surface area contributed by atoms with E-state index in [-0.39, 0.29) is 12.6 Å². The monoisotopic (exact) mass is 252 g/mol. The van der Waals surface area contributed by atoms with Gasteiger partial charge in [-0.1, -0.05) is 0 Å². The molecule has 1 heterocycles. The summed E-state index contributed by atoms with van der Waals surface area (Å²) in [4.78, 5) is 15.1. The van der Waals surface area contributed by atoms with Crippen LogP contribution >= 0.6 is 0 Å². The molecule has 0 radical (unpaired) electrons. The molecule has 1 unspecified atom stereocenters. The van der Waals surface area contributed by atoms with Crippen molar-refractivity contribution in [2.24, 2.45) is 11.1 Å². The van der Waals surface area contributed by atoms with Crippen LogP contribution in [0, 0.1) is 5.41 Å². The van der Waals surface area contributed by atoms with E-state index >= 15 is 0 Å². The zero-order chi connectivity index (χ0) is 13.8. The van der Waals surface area contributed by atoms with Gasteiger partial charge in [-0.15, -0.1) is 0 Å². The lowest BCUT2D eigenvalue weighted by Gasteiger charge is -2.19. The maximum Gasteiger partial charge on any atom is 0.312 e. The summed E-state index contributed by atoms with van der Waals surface area (Å²) in [5.41, 5.74) is 5.66. The first-order valence-electron chi connectivity index (χ1n) is 5.88. The summed E-state index contributed by atoms with van der Waals surface area (Å²) < 4.78 is 5.42. The Hall–Kier alpha value is -1.62. The third kappa shape index (κ3) is 4.33. The number of nitrogens with zero attached hydrogens (tertiary/aromatic N) is 1. The number of aliphatic carboxylic acids is 1. The summed E-state index contributed by atoms with van der Waals surface area (Å²) in [6.45, 7) is 5.26. The first kappa shape index (κ1) is 14.4. The Bertz CT molecular complexity index is 399. The molecule has 0 aliphatic carbocycles. The number of hydrogen-bond acceptors (Lipinski definition) is 4. The zero-order valence-corrected chi connectivity index (χ0v) is 11.0. The molecule has 1 atom stereocenters. The van der Waals surface area contributed by atoms with E-state index in [0.717, 1.165) is 5.69 Å². The molecule has 0 bridgehead atoms. The van der Waals surface area contributed by atoms with Gasteiger partial charge in [0.05, 0.1) is 11.6 Å². The molecule has 18 heavy (non-hydrogen) atoms. The second kappa shape index (κ2) is 5.82. The average molecular weight is 252 g/mol. The first-order valence-corrected chi connectivity index (χ1v) is 5.88. The minimum absolute atomic E-state index is 0.0650. The van der Waals surface area contributed by atoms with Crippen LogP contribution in [0.1, 0.15) is 26.5 Å². The second-order valence-corrected chi connectivity index (χ2v) is 5.14. The van der Waals surface area contributed by atoms with Gasteiger partial charge < -0.3 is 15.6 Å². The Balaban J connectivity index is 2.57. The number of pyridine rings is 1. The summed E-state index contributed by atoms with van der Waals surface area (Å²) in [5, 5.41) is 8.95. The zero-order valence-electron chi connectivity index (χ0n) is 11.0. The fraction of sp³-hybridized carbons (Fsp3) is 0.538. The number of aromatic nitrogens is 1. The van der Waals surface area contributed by atoms with Gasteiger partial charge in [-0.2, -0.15) is 0 Å². The number of nitrogens with two attached hydrogens (primary N) is 1. The SMILES string of the molecule is CC(N)Cc1ccc(OCC(C)(C)C(=O)O)cn1. The topological polar surface area (TPSA) is 85.4 Å². The van der Waals surface area contributed by atoms with Crippen LogP contribution in [-0.2, 0) is 11.2 Å². The van der Waals surface area contributed by atoms with E-state index in [2.05, 4.69) is 4.98 Å². The molecule has 0 saturated heterocycles. The van der Waals surface area contributed by atoms with Crippen molar-refractivity contribution < 1.29 is 14.6 Å². The fourth-order valence-corrected chi connectivity index (χ4v) is 1.27. The van der Waals surface area contributed by atoms with Crippen LogP contribution in [0.15, 0.2) is 18.3 Å². The highest BCUT2D eigenvalue weighted by molar-refractivity contribution is 5.73. The number of carboxylic acid groups (broad SMARTS) is 1. The van der Waals surface area contributed by atoms with Crippen molar-refractivity contribution in [3.8, 4) is 5.75 Å². The smallest absolute Gasteiger partial charge is 0.312 e. The van der Waals surface area contributed by atoms with Crippen molar-refractivity contribution in [2.45, 2.75) is 33.2 Å². The number of hydrogen-bond donors (Lipinski definition) is 2. The number of carbonyl (C=O) groups is 1. The Morgan fingerprint density at radius 1 is 1.56 bits per heavy atom. The standard InChI is InChI=1S/C13H20N2O3/c1-9(14)6-10-4-5-11(7-15-10)18-8-13(2,3)12(16)17/h4-5,7,9H,6,8,14H2,1-3H3,(H,16,17). The van der Waals surface area contributed by atoms with Crippen LogP contribution in [0.3, 0.4) is 0 Å². The lowest BCUT2D eigenvalue weighted by atomic mass is 9.95. The molecular formula is C13H20N2O3. The Kier molecular flexibility index (Phi) is 4.67. The molecular weight excluding hydrogens is 232 g/mol. The summed E-state index contributed by atoms with van der Waals surface area (Å²) in [6, 6.07) is 3.69. The summed E-state index contributed by atoms with van der Waals surface area (Å²) in [6.07, 6.45) is 2.30. The summed E-state index contributed by atoms with van der Waals surface area (Å²) >= 11 is 0. The highest BCUT2D eigenvalue weighted by Crippen LogP contribution is 2.18. The molecule has 1 rings (SSSR count). The van der Waals surface area contributed by atoms with Gasteiger partial charge in [0.15, 0.2) is 0 Å². The number of carboxylic acids is 1. The Morgan fingerprint density at radius 2 is 2.22 bits per heavy atom. The minimum atomic E-state index is -0.912. The Morgan fingerprint density at radius 3 is 2.67 bits per heavy atom. The molecule has 5 heteroatoms. The maximum atomic E-state index is 10.9. The molecule has 0 aliphatic rings. The van der Waals surface area contributed by atoms with Crippen molar-refractivity contribution in [1.29, 1.82) is 0 Å². The molecule has 0 fully saturated rings. The molecule has 0 amide bonds. The van der Waals surface area contributed by atoms with Gasteiger partial charge in [0.25, 0.3) is 0 Å². The van der Waals surface area contributed by atoms with E-state index in [9.17, 15) is 4.79 Å². The molecule has 1 aromatic rings. The van der Waals surface area contributed by atoms with Crippen molar-refractivity contribution in [3.05, 3.63) is 24.0 Å². The fourth-order valence-electron chi connectivity index (χ4n) is 1.27. The highest BCUT2D eigenvalue weighted by Gasteiger charge is 2.28. The predicted octanol–water partition coefficient (Wildman–Crippen LogP) is 1.46. The maximum absolute atomic E-state index is 10.9. The second-order valence-electron chi connectivity index (χ2n) is 5.14. The summed E-state index contributed by atoms with van der Waals surface area (Å²) in [7, 11) is 0. The molecule has 0 aliphatic heterocycles. The van der Waals surface area contributed by atoms with E-state index < -0.39 is 11.4 Å². The summed E-state index contributed by atoms with van der Waals surface area (Å²) in [5.74, 6) is -0.318. The van der Waals surface area contributed by atoms with Gasteiger partial charge >= 0.3 is 5.97 Å². The van der Waals surface area contributed by atoms with Crippen molar-refractivity contribution in [2.75, 3.05) is 6.61 Å². The molecule has 0 spiro atoms. The third-order valence-corrected chi connectivity index (χ3v) is 2.51. The quantitative estimate of drug-likeness (QED) is 0.800. The van der Waals surface area contributed by atoms with E-state index in [1.54, 1.807) is 26.1 Å². The minimum Gasteiger partial charge on any atom is -0.491 e. The third-order valence-electron chi connectivity index (χ3n) is 2.51. The normalized spacial score (nSPS) is 13.1. The van der Waals surface area contributed by atoms with Crippen LogP contribution in [0.25, 0.3) is 0 Å². The van der Waals surface area contributed by atoms with Gasteiger partial charge in [-0.25, -0.2) is 0 Å². The Labute approximate surface area is 107 Å². The van der Waals surface area contributed by atoms with Crippen molar-refractivity contribution in [3.63, 3.8) is 0 Å². The van der Waals surface area contributed by atoms with E-state index in [0.29, 0.717) is 12.2 Å². The van der Waals surface area contributed by atoms with E-state index in [4.69, 9.17) is 15.6 Å². The van der Waals surface area contributed by atoms with Crippen molar-refractivity contribution in [1.82, 2.24) is 4.98 Å².